The highest BCUT2D eigenvalue weighted by molar-refractivity contribution is 6.03. The van der Waals surface area contributed by atoms with E-state index in [9.17, 15) is 0 Å². The monoisotopic (exact) mass is 587 g/mol. The van der Waals surface area contributed by atoms with Crippen LogP contribution in [0.15, 0.2) is 152 Å². The van der Waals surface area contributed by atoms with Crippen LogP contribution in [0.5, 0.6) is 0 Å². The molecule has 9 aromatic rings. The fraction of sp³-hybridized carbons (Fsp3) is 0. The zero-order valence-electron chi connectivity index (χ0n) is 24.7. The molecule has 5 heterocycles. The topological polar surface area (TPSA) is 64.5 Å². The molecule has 0 fully saturated rings. The Morgan fingerprint density at radius 2 is 0.891 bits per heavy atom. The number of hydrogen-bond acceptors (Lipinski definition) is 5. The van der Waals surface area contributed by atoms with Gasteiger partial charge in [-0.2, -0.15) is 0 Å². The van der Waals surface area contributed by atoms with Gasteiger partial charge < -0.3 is 0 Å². The number of fused-ring (bicyclic) bond motifs is 5. The first-order valence-corrected chi connectivity index (χ1v) is 15.2. The number of nitrogens with zero attached hydrogens (tertiary/aromatic N) is 5. The molecule has 5 heteroatoms. The minimum absolute atomic E-state index is 0.854. The number of aromatic nitrogens is 5. The van der Waals surface area contributed by atoms with Crippen LogP contribution in [0.25, 0.3) is 88.6 Å². The largest absolute Gasteiger partial charge is 0.255 e. The zero-order chi connectivity index (χ0) is 30.5. The summed E-state index contributed by atoms with van der Waals surface area (Å²) >= 11 is 0. The average Bonchev–Trinajstić information content (AvgIpc) is 3.14. The SMILES string of the molecule is c1ccc(-c2ccc3ccc(-c4ccc5ccc(-c6cccc(-c7ccc8ccc9cccnc9c8n7)c6)cc5n4)cc3n2)nc1. The van der Waals surface area contributed by atoms with Gasteiger partial charge in [0.15, 0.2) is 0 Å². The van der Waals surface area contributed by atoms with Crippen molar-refractivity contribution in [2.75, 3.05) is 0 Å². The molecule has 0 aliphatic rings. The predicted octanol–water partition coefficient (Wildman–Crippen LogP) is 9.94. The molecule has 5 nitrogen and oxygen atoms in total. The van der Waals surface area contributed by atoms with Crippen molar-refractivity contribution in [2.24, 2.45) is 0 Å². The third-order valence-electron chi connectivity index (χ3n) is 8.53. The second kappa shape index (κ2) is 10.7. The van der Waals surface area contributed by atoms with Crippen molar-refractivity contribution in [3.8, 4) is 45.0 Å². The lowest BCUT2D eigenvalue weighted by Crippen LogP contribution is -1.90. The summed E-state index contributed by atoms with van der Waals surface area (Å²) in [6, 6.07) is 48.0. The van der Waals surface area contributed by atoms with E-state index >= 15 is 0 Å². The van der Waals surface area contributed by atoms with E-state index in [1.54, 1.807) is 6.20 Å². The van der Waals surface area contributed by atoms with Crippen molar-refractivity contribution in [1.82, 2.24) is 24.9 Å². The summed E-state index contributed by atoms with van der Waals surface area (Å²) in [4.78, 5) is 24.2. The molecule has 0 atom stereocenters. The molecule has 46 heavy (non-hydrogen) atoms. The van der Waals surface area contributed by atoms with Crippen molar-refractivity contribution in [2.45, 2.75) is 0 Å². The molecule has 214 valence electrons. The smallest absolute Gasteiger partial charge is 0.0972 e. The lowest BCUT2D eigenvalue weighted by Gasteiger charge is -2.10. The summed E-state index contributed by atoms with van der Waals surface area (Å²) in [5, 5.41) is 4.34. The van der Waals surface area contributed by atoms with Crippen LogP contribution in [0.4, 0.5) is 0 Å². The number of hydrogen-bond donors (Lipinski definition) is 0. The van der Waals surface area contributed by atoms with Gasteiger partial charge in [0.1, 0.15) is 0 Å². The van der Waals surface area contributed by atoms with E-state index in [4.69, 9.17) is 15.0 Å². The van der Waals surface area contributed by atoms with Gasteiger partial charge in [-0.05, 0) is 65.7 Å². The van der Waals surface area contributed by atoms with Gasteiger partial charge in [-0.3, -0.25) is 9.97 Å². The first kappa shape index (κ1) is 26.1. The molecule has 0 bridgehead atoms. The molecular weight excluding hydrogens is 562 g/mol. The summed E-state index contributed by atoms with van der Waals surface area (Å²) < 4.78 is 0. The molecule has 0 saturated heterocycles. The summed E-state index contributed by atoms with van der Waals surface area (Å²) in [5.74, 6) is 0. The Balaban J connectivity index is 1.08. The Kier molecular flexibility index (Phi) is 6.06. The average molecular weight is 588 g/mol. The van der Waals surface area contributed by atoms with Gasteiger partial charge in [0, 0.05) is 45.1 Å². The molecule has 0 amide bonds. The van der Waals surface area contributed by atoms with Crippen LogP contribution in [-0.2, 0) is 0 Å². The van der Waals surface area contributed by atoms with Crippen LogP contribution >= 0.6 is 0 Å². The van der Waals surface area contributed by atoms with E-state index in [1.165, 1.54) is 0 Å². The Bertz CT molecular complexity index is 2600. The highest BCUT2D eigenvalue weighted by atomic mass is 14.8. The van der Waals surface area contributed by atoms with Crippen LogP contribution in [0.2, 0.25) is 0 Å². The van der Waals surface area contributed by atoms with E-state index in [-0.39, 0.29) is 0 Å². The van der Waals surface area contributed by atoms with Gasteiger partial charge in [-0.1, -0.05) is 84.9 Å². The first-order chi connectivity index (χ1) is 22.7. The van der Waals surface area contributed by atoms with Gasteiger partial charge in [0.25, 0.3) is 0 Å². The fourth-order valence-corrected chi connectivity index (χ4v) is 6.13. The molecule has 0 radical (unpaired) electrons. The molecule has 0 spiro atoms. The van der Waals surface area contributed by atoms with Crippen LogP contribution in [0, 0.1) is 0 Å². The van der Waals surface area contributed by atoms with Crippen LogP contribution in [0.1, 0.15) is 0 Å². The molecule has 0 N–H and O–H groups in total. The van der Waals surface area contributed by atoms with Gasteiger partial charge in [-0.15, -0.1) is 0 Å². The summed E-state index contributed by atoms with van der Waals surface area (Å²) in [6.07, 6.45) is 3.62. The minimum atomic E-state index is 0.854. The molecular formula is C41H25N5. The minimum Gasteiger partial charge on any atom is -0.255 e. The molecule has 0 aliphatic heterocycles. The van der Waals surface area contributed by atoms with Crippen molar-refractivity contribution in [3.05, 3.63) is 152 Å². The van der Waals surface area contributed by atoms with Gasteiger partial charge in [0.05, 0.1) is 44.8 Å². The van der Waals surface area contributed by atoms with Gasteiger partial charge in [-0.25, -0.2) is 15.0 Å². The van der Waals surface area contributed by atoms with Crippen LogP contribution in [-0.4, -0.2) is 24.9 Å². The van der Waals surface area contributed by atoms with Crippen molar-refractivity contribution >= 4 is 43.6 Å². The van der Waals surface area contributed by atoms with E-state index in [1.807, 2.05) is 36.5 Å². The zero-order valence-corrected chi connectivity index (χ0v) is 24.7. The molecule has 5 aromatic heterocycles. The fourth-order valence-electron chi connectivity index (χ4n) is 6.13. The summed E-state index contributed by atoms with van der Waals surface area (Å²) in [6.45, 7) is 0. The summed E-state index contributed by atoms with van der Waals surface area (Å²) in [5.41, 5.74) is 11.5. The van der Waals surface area contributed by atoms with Crippen molar-refractivity contribution < 1.29 is 0 Å². The van der Waals surface area contributed by atoms with Crippen LogP contribution in [0.3, 0.4) is 0 Å². The Labute approximate surface area is 264 Å². The normalized spacial score (nSPS) is 11.5. The number of rotatable bonds is 4. The lowest BCUT2D eigenvalue weighted by molar-refractivity contribution is 1.28. The molecule has 0 saturated carbocycles. The van der Waals surface area contributed by atoms with E-state index in [0.717, 1.165) is 88.6 Å². The first-order valence-electron chi connectivity index (χ1n) is 15.2. The third-order valence-corrected chi connectivity index (χ3v) is 8.53. The Hall–Kier alpha value is -6.33. The highest BCUT2D eigenvalue weighted by Crippen LogP contribution is 2.31. The van der Waals surface area contributed by atoms with Crippen LogP contribution < -0.4 is 0 Å². The molecule has 0 unspecified atom stereocenters. The Morgan fingerprint density at radius 1 is 0.304 bits per heavy atom. The van der Waals surface area contributed by atoms with Gasteiger partial charge in [0.2, 0.25) is 0 Å². The summed E-state index contributed by atoms with van der Waals surface area (Å²) in [7, 11) is 0. The number of pyridine rings is 5. The second-order valence-electron chi connectivity index (χ2n) is 11.4. The van der Waals surface area contributed by atoms with E-state index in [0.29, 0.717) is 0 Å². The maximum Gasteiger partial charge on any atom is 0.0972 e. The second-order valence-corrected chi connectivity index (χ2v) is 11.4. The Morgan fingerprint density at radius 3 is 1.72 bits per heavy atom. The maximum atomic E-state index is 5.10. The van der Waals surface area contributed by atoms with Crippen molar-refractivity contribution in [3.63, 3.8) is 0 Å². The third kappa shape index (κ3) is 4.62. The lowest BCUT2D eigenvalue weighted by atomic mass is 9.99. The highest BCUT2D eigenvalue weighted by Gasteiger charge is 2.10. The molecule has 9 rings (SSSR count). The molecule has 4 aromatic carbocycles. The maximum absolute atomic E-state index is 5.10. The van der Waals surface area contributed by atoms with Crippen molar-refractivity contribution in [1.29, 1.82) is 0 Å². The molecule has 0 aliphatic carbocycles. The van der Waals surface area contributed by atoms with E-state index in [2.05, 4.69) is 119 Å². The van der Waals surface area contributed by atoms with E-state index < -0.39 is 0 Å². The standard InChI is InChI=1S/C41H25N5/c1-2-21-42-36(8-1)37-20-16-27-10-14-33(25-39(27)45-37)34-18-15-26-9-13-31(24-38(26)44-34)30-5-3-6-32(23-30)35-19-17-29-12-11-28-7-4-22-43-40(28)41(29)46-35/h1-25H. The predicted molar refractivity (Wildman–Crippen MR) is 187 cm³/mol. The number of benzene rings is 4. The quantitative estimate of drug-likeness (QED) is 0.192. The van der Waals surface area contributed by atoms with Gasteiger partial charge >= 0.3 is 0 Å².